The van der Waals surface area contributed by atoms with E-state index in [1.807, 2.05) is 36.2 Å². The van der Waals surface area contributed by atoms with Crippen molar-refractivity contribution in [2.45, 2.75) is 6.54 Å². The summed E-state index contributed by atoms with van der Waals surface area (Å²) in [5, 5.41) is 7.62. The lowest BCUT2D eigenvalue weighted by molar-refractivity contribution is 0.862. The lowest BCUT2D eigenvalue weighted by Crippen LogP contribution is -2.19. The molecule has 2 aromatic rings. The van der Waals surface area contributed by atoms with Gasteiger partial charge in [-0.15, -0.1) is 10.2 Å². The third-order valence-corrected chi connectivity index (χ3v) is 3.23. The molecule has 0 spiro atoms. The van der Waals surface area contributed by atoms with E-state index in [1.54, 1.807) is 0 Å². The summed E-state index contributed by atoms with van der Waals surface area (Å²) < 4.78 is 1.04. The monoisotopic (exact) mass is 346 g/mol. The minimum absolute atomic E-state index is 0.0806. The minimum Gasteiger partial charge on any atom is -0.353 e. The standard InChI is InChI=1S/C11H9BrCl2N4/c1-18(6-7-2-4-8(12)5-3-7)10-9(13)16-17-11(14)15-10/h2-5H,6H2,1H3. The number of hydrogen-bond acceptors (Lipinski definition) is 4. The van der Waals surface area contributed by atoms with Crippen molar-refractivity contribution in [3.05, 3.63) is 44.7 Å². The number of aromatic nitrogens is 3. The van der Waals surface area contributed by atoms with E-state index in [0.717, 1.165) is 10.0 Å². The van der Waals surface area contributed by atoms with Crippen LogP contribution in [0.15, 0.2) is 28.7 Å². The Bertz CT molecular complexity index is 547. The van der Waals surface area contributed by atoms with Crippen molar-refractivity contribution in [3.63, 3.8) is 0 Å². The zero-order valence-corrected chi connectivity index (χ0v) is 12.5. The number of nitrogens with zero attached hydrogens (tertiary/aromatic N) is 4. The molecule has 2 rings (SSSR count). The van der Waals surface area contributed by atoms with Gasteiger partial charge in [0.15, 0.2) is 11.0 Å². The topological polar surface area (TPSA) is 41.9 Å². The van der Waals surface area contributed by atoms with Crippen LogP contribution in [0, 0.1) is 0 Å². The van der Waals surface area contributed by atoms with Crippen LogP contribution in [0.2, 0.25) is 10.4 Å². The van der Waals surface area contributed by atoms with Gasteiger partial charge in [-0.1, -0.05) is 39.7 Å². The smallest absolute Gasteiger partial charge is 0.245 e. The van der Waals surface area contributed by atoms with Crippen LogP contribution in [0.5, 0.6) is 0 Å². The van der Waals surface area contributed by atoms with Crippen molar-refractivity contribution in [1.29, 1.82) is 0 Å². The zero-order chi connectivity index (χ0) is 13.1. The van der Waals surface area contributed by atoms with E-state index >= 15 is 0 Å². The summed E-state index contributed by atoms with van der Waals surface area (Å²) in [6.45, 7) is 0.655. The van der Waals surface area contributed by atoms with E-state index in [0.29, 0.717) is 12.4 Å². The molecule has 0 N–H and O–H groups in total. The van der Waals surface area contributed by atoms with Crippen LogP contribution in [0.3, 0.4) is 0 Å². The van der Waals surface area contributed by atoms with Gasteiger partial charge in [0, 0.05) is 18.1 Å². The Morgan fingerprint density at radius 1 is 1.17 bits per heavy atom. The molecule has 18 heavy (non-hydrogen) atoms. The average molecular weight is 348 g/mol. The molecule has 1 heterocycles. The highest BCUT2D eigenvalue weighted by Gasteiger charge is 2.11. The highest BCUT2D eigenvalue weighted by molar-refractivity contribution is 9.10. The summed E-state index contributed by atoms with van der Waals surface area (Å²) in [7, 11) is 1.87. The molecule has 0 unspecified atom stereocenters. The van der Waals surface area contributed by atoms with Gasteiger partial charge < -0.3 is 4.90 Å². The Morgan fingerprint density at radius 2 is 1.83 bits per heavy atom. The van der Waals surface area contributed by atoms with Crippen LogP contribution in [0.25, 0.3) is 0 Å². The lowest BCUT2D eigenvalue weighted by Gasteiger charge is -2.18. The average Bonchev–Trinajstić information content (AvgIpc) is 2.35. The fourth-order valence-corrected chi connectivity index (χ4v) is 2.07. The quantitative estimate of drug-likeness (QED) is 0.851. The van der Waals surface area contributed by atoms with Gasteiger partial charge in [-0.05, 0) is 29.3 Å². The molecule has 0 amide bonds. The van der Waals surface area contributed by atoms with Gasteiger partial charge in [0.2, 0.25) is 5.28 Å². The number of benzene rings is 1. The number of halogens is 3. The molecule has 1 aromatic heterocycles. The molecule has 0 fully saturated rings. The Morgan fingerprint density at radius 3 is 2.50 bits per heavy atom. The molecule has 0 saturated carbocycles. The van der Waals surface area contributed by atoms with E-state index in [4.69, 9.17) is 23.2 Å². The summed E-state index contributed by atoms with van der Waals surface area (Å²) in [5.74, 6) is 0.514. The minimum atomic E-state index is 0.0806. The third kappa shape index (κ3) is 3.31. The predicted molar refractivity (Wildman–Crippen MR) is 76.1 cm³/mol. The van der Waals surface area contributed by atoms with Crippen molar-refractivity contribution in [3.8, 4) is 0 Å². The molecule has 0 saturated heterocycles. The number of anilines is 1. The first-order chi connectivity index (χ1) is 8.56. The molecular formula is C11H9BrCl2N4. The van der Waals surface area contributed by atoms with Gasteiger partial charge in [0.25, 0.3) is 0 Å². The second-order valence-electron chi connectivity index (χ2n) is 3.68. The molecular weight excluding hydrogens is 339 g/mol. The second kappa shape index (κ2) is 5.82. The Balaban J connectivity index is 2.18. The Kier molecular flexibility index (Phi) is 4.37. The van der Waals surface area contributed by atoms with E-state index < -0.39 is 0 Å². The van der Waals surface area contributed by atoms with Gasteiger partial charge >= 0.3 is 0 Å². The molecule has 7 heteroatoms. The Labute approximate surface area is 123 Å². The van der Waals surface area contributed by atoms with Crippen LogP contribution in [-0.4, -0.2) is 22.2 Å². The van der Waals surface area contributed by atoms with Gasteiger partial charge in [-0.2, -0.15) is 4.98 Å². The maximum absolute atomic E-state index is 5.94. The van der Waals surface area contributed by atoms with Gasteiger partial charge in [-0.25, -0.2) is 0 Å². The first-order valence-corrected chi connectivity index (χ1v) is 6.62. The molecule has 0 bridgehead atoms. The predicted octanol–water partition coefficient (Wildman–Crippen LogP) is 3.58. The van der Waals surface area contributed by atoms with Crippen molar-refractivity contribution < 1.29 is 0 Å². The number of hydrogen-bond donors (Lipinski definition) is 0. The van der Waals surface area contributed by atoms with Crippen LogP contribution in [-0.2, 0) is 6.54 Å². The van der Waals surface area contributed by atoms with E-state index in [9.17, 15) is 0 Å². The van der Waals surface area contributed by atoms with Crippen LogP contribution in [0.4, 0.5) is 5.82 Å². The molecule has 0 aliphatic rings. The zero-order valence-electron chi connectivity index (χ0n) is 9.44. The lowest BCUT2D eigenvalue weighted by atomic mass is 10.2. The van der Waals surface area contributed by atoms with Crippen molar-refractivity contribution in [2.24, 2.45) is 0 Å². The van der Waals surface area contributed by atoms with Crippen molar-refractivity contribution in [1.82, 2.24) is 15.2 Å². The fraction of sp³-hybridized carbons (Fsp3) is 0.182. The van der Waals surface area contributed by atoms with Gasteiger partial charge in [0.1, 0.15) is 0 Å². The van der Waals surface area contributed by atoms with Crippen molar-refractivity contribution >= 4 is 44.9 Å². The fourth-order valence-electron chi connectivity index (χ4n) is 1.47. The first kappa shape index (κ1) is 13.5. The van der Waals surface area contributed by atoms with Gasteiger partial charge in [-0.3, -0.25) is 0 Å². The maximum atomic E-state index is 5.94. The second-order valence-corrected chi connectivity index (χ2v) is 5.29. The van der Waals surface area contributed by atoms with Gasteiger partial charge in [0.05, 0.1) is 0 Å². The molecule has 0 radical (unpaired) electrons. The van der Waals surface area contributed by atoms with Crippen LogP contribution in [0.1, 0.15) is 5.56 Å². The van der Waals surface area contributed by atoms with Crippen molar-refractivity contribution in [2.75, 3.05) is 11.9 Å². The summed E-state index contributed by atoms with van der Waals surface area (Å²) >= 11 is 15.0. The van der Waals surface area contributed by atoms with E-state index in [-0.39, 0.29) is 10.4 Å². The molecule has 1 aromatic carbocycles. The third-order valence-electron chi connectivity index (χ3n) is 2.30. The van der Waals surface area contributed by atoms with Crippen LogP contribution >= 0.6 is 39.1 Å². The largest absolute Gasteiger partial charge is 0.353 e. The number of rotatable bonds is 3. The highest BCUT2D eigenvalue weighted by Crippen LogP contribution is 2.22. The summed E-state index contributed by atoms with van der Waals surface area (Å²) in [4.78, 5) is 5.93. The molecule has 0 aliphatic heterocycles. The molecule has 0 aliphatic carbocycles. The summed E-state index contributed by atoms with van der Waals surface area (Å²) in [6.07, 6.45) is 0. The highest BCUT2D eigenvalue weighted by atomic mass is 79.9. The summed E-state index contributed by atoms with van der Waals surface area (Å²) in [6, 6.07) is 8.00. The molecule has 4 nitrogen and oxygen atoms in total. The Hall–Kier alpha value is -0.910. The van der Waals surface area contributed by atoms with E-state index in [1.165, 1.54) is 0 Å². The molecule has 94 valence electrons. The SMILES string of the molecule is CN(Cc1ccc(Br)cc1)c1nc(Cl)nnc1Cl. The normalized spacial score (nSPS) is 10.4. The van der Waals surface area contributed by atoms with E-state index in [2.05, 4.69) is 31.1 Å². The molecule has 0 atom stereocenters. The first-order valence-electron chi connectivity index (χ1n) is 5.07. The maximum Gasteiger partial charge on any atom is 0.245 e. The van der Waals surface area contributed by atoms with Crippen LogP contribution < -0.4 is 4.90 Å². The summed E-state index contributed by atoms with van der Waals surface area (Å²) in [5.41, 5.74) is 1.13.